The number of esters is 1. The minimum atomic E-state index is -0.970. The molecule has 1 N–H and O–H groups in total. The number of methoxy groups -OCH3 is 1. The van der Waals surface area contributed by atoms with E-state index in [1.807, 2.05) is 72.2 Å². The fourth-order valence-electron chi connectivity index (χ4n) is 5.80. The number of nitrogens with one attached hydrogen (secondary N) is 1. The SMILES string of the molecule is CCOC(=O)CN(CCc1c[nH]c2ccccc12)C(=O)CC1C(=O)N(CCc2ccc(OC)cc2)CC(=O)N1CCc1cccs1. The maximum atomic E-state index is 14.0. The minimum absolute atomic E-state index is 0.0444. The molecule has 2 aromatic heterocycles. The molecule has 1 fully saturated rings. The molecular formula is C35H40N4O6S. The Morgan fingerprint density at radius 2 is 1.80 bits per heavy atom. The van der Waals surface area contributed by atoms with Crippen molar-refractivity contribution in [1.82, 2.24) is 19.7 Å². The maximum absolute atomic E-state index is 14.0. The van der Waals surface area contributed by atoms with Gasteiger partial charge in [0.25, 0.3) is 0 Å². The monoisotopic (exact) mass is 644 g/mol. The van der Waals surface area contributed by atoms with Crippen molar-refractivity contribution in [2.24, 2.45) is 0 Å². The molecule has 0 aliphatic carbocycles. The lowest BCUT2D eigenvalue weighted by Gasteiger charge is -2.40. The summed E-state index contributed by atoms with van der Waals surface area (Å²) in [4.78, 5) is 63.0. The van der Waals surface area contributed by atoms with Crippen LogP contribution in [0.25, 0.3) is 10.9 Å². The highest BCUT2D eigenvalue weighted by atomic mass is 32.1. The second-order valence-electron chi connectivity index (χ2n) is 11.2. The molecule has 0 spiro atoms. The van der Waals surface area contributed by atoms with E-state index in [0.29, 0.717) is 32.4 Å². The van der Waals surface area contributed by atoms with Crippen molar-refractivity contribution in [2.45, 2.75) is 38.6 Å². The third-order valence-corrected chi connectivity index (χ3v) is 9.24. The van der Waals surface area contributed by atoms with Crippen molar-refractivity contribution in [1.29, 1.82) is 0 Å². The lowest BCUT2D eigenvalue weighted by Crippen LogP contribution is -2.61. The van der Waals surface area contributed by atoms with E-state index < -0.39 is 12.0 Å². The van der Waals surface area contributed by atoms with Gasteiger partial charge in [0.1, 0.15) is 18.3 Å². The first-order valence-electron chi connectivity index (χ1n) is 15.6. The van der Waals surface area contributed by atoms with Crippen LogP contribution < -0.4 is 4.74 Å². The number of hydrogen-bond donors (Lipinski definition) is 1. The first kappa shape index (κ1) is 32.7. The summed E-state index contributed by atoms with van der Waals surface area (Å²) in [7, 11) is 1.61. The third-order valence-electron chi connectivity index (χ3n) is 8.30. The topological polar surface area (TPSA) is 112 Å². The van der Waals surface area contributed by atoms with Gasteiger partial charge in [0.2, 0.25) is 17.7 Å². The van der Waals surface area contributed by atoms with E-state index in [1.54, 1.807) is 35.2 Å². The van der Waals surface area contributed by atoms with Crippen LogP contribution in [0.1, 0.15) is 29.3 Å². The molecule has 3 heterocycles. The number of ether oxygens (including phenoxy) is 2. The molecule has 1 atom stereocenters. The Balaban J connectivity index is 1.33. The number of benzene rings is 2. The molecular weight excluding hydrogens is 604 g/mol. The summed E-state index contributed by atoms with van der Waals surface area (Å²) in [5, 5.41) is 3.02. The molecule has 1 unspecified atom stereocenters. The average molecular weight is 645 g/mol. The zero-order valence-electron chi connectivity index (χ0n) is 26.3. The number of aromatic amines is 1. The van der Waals surface area contributed by atoms with Gasteiger partial charge in [-0.3, -0.25) is 19.2 Å². The van der Waals surface area contributed by atoms with Gasteiger partial charge in [-0.15, -0.1) is 11.3 Å². The molecule has 0 radical (unpaired) electrons. The first-order valence-corrected chi connectivity index (χ1v) is 16.5. The van der Waals surface area contributed by atoms with E-state index in [0.717, 1.165) is 32.7 Å². The molecule has 1 saturated heterocycles. The summed E-state index contributed by atoms with van der Waals surface area (Å²) >= 11 is 1.59. The number of amides is 3. The Morgan fingerprint density at radius 1 is 1.00 bits per heavy atom. The Hall–Kier alpha value is -4.64. The standard InChI is InChI=1S/C35H40N4O6S/c1-3-45-34(42)24-37(18-15-26-22-36-30-9-5-4-8-29(26)30)32(40)21-31-35(43)38(17-14-25-10-12-27(44-2)13-11-25)23-33(41)39(31)19-16-28-7-6-20-46-28/h4-13,20,22,31,36H,3,14-19,21,23-24H2,1-2H3. The Bertz CT molecular complexity index is 1630. The second kappa shape index (κ2) is 15.6. The van der Waals surface area contributed by atoms with E-state index in [4.69, 9.17) is 9.47 Å². The van der Waals surface area contributed by atoms with Gasteiger partial charge in [0.05, 0.1) is 26.7 Å². The van der Waals surface area contributed by atoms with Gasteiger partial charge in [-0.2, -0.15) is 0 Å². The summed E-state index contributed by atoms with van der Waals surface area (Å²) in [6.45, 7) is 2.55. The molecule has 2 aromatic carbocycles. The predicted octanol–water partition coefficient (Wildman–Crippen LogP) is 4.09. The van der Waals surface area contributed by atoms with Crippen molar-refractivity contribution in [3.8, 4) is 5.75 Å². The number of piperazine rings is 1. The summed E-state index contributed by atoms with van der Waals surface area (Å²) in [6.07, 6.45) is 3.33. The maximum Gasteiger partial charge on any atom is 0.325 e. The summed E-state index contributed by atoms with van der Waals surface area (Å²) in [5.74, 6) is -0.613. The normalized spacial score (nSPS) is 15.0. The number of H-pyrrole nitrogens is 1. The third kappa shape index (κ3) is 8.14. The van der Waals surface area contributed by atoms with Crippen molar-refractivity contribution >= 4 is 45.9 Å². The molecule has 1 aliphatic rings. The smallest absolute Gasteiger partial charge is 0.325 e. The minimum Gasteiger partial charge on any atom is -0.497 e. The lowest BCUT2D eigenvalue weighted by atomic mass is 10.0. The van der Waals surface area contributed by atoms with Crippen LogP contribution in [0.2, 0.25) is 0 Å². The van der Waals surface area contributed by atoms with Crippen LogP contribution in [0, 0.1) is 0 Å². The van der Waals surface area contributed by atoms with Crippen LogP contribution in [0.15, 0.2) is 72.2 Å². The molecule has 0 saturated carbocycles. The van der Waals surface area contributed by atoms with E-state index in [1.165, 1.54) is 4.90 Å². The highest BCUT2D eigenvalue weighted by Crippen LogP contribution is 2.22. The van der Waals surface area contributed by atoms with Crippen LogP contribution in [-0.4, -0.2) is 95.9 Å². The molecule has 10 nitrogen and oxygen atoms in total. The quantitative estimate of drug-likeness (QED) is 0.195. The van der Waals surface area contributed by atoms with Gasteiger partial charge in [0, 0.05) is 41.6 Å². The highest BCUT2D eigenvalue weighted by Gasteiger charge is 2.41. The van der Waals surface area contributed by atoms with Gasteiger partial charge in [-0.1, -0.05) is 36.4 Å². The number of thiophene rings is 1. The van der Waals surface area contributed by atoms with E-state index in [2.05, 4.69) is 4.98 Å². The number of carbonyl (C=O) groups excluding carboxylic acids is 4. The highest BCUT2D eigenvalue weighted by molar-refractivity contribution is 7.09. The lowest BCUT2D eigenvalue weighted by molar-refractivity contribution is -0.158. The molecule has 242 valence electrons. The van der Waals surface area contributed by atoms with Gasteiger partial charge in [-0.05, 0) is 67.0 Å². The van der Waals surface area contributed by atoms with Crippen LogP contribution in [0.3, 0.4) is 0 Å². The fourth-order valence-corrected chi connectivity index (χ4v) is 6.50. The molecule has 4 aromatic rings. The number of para-hydroxylation sites is 1. The van der Waals surface area contributed by atoms with Gasteiger partial charge in [-0.25, -0.2) is 0 Å². The largest absolute Gasteiger partial charge is 0.497 e. The predicted molar refractivity (Wildman–Crippen MR) is 177 cm³/mol. The van der Waals surface area contributed by atoms with Crippen LogP contribution in [0.5, 0.6) is 5.75 Å². The van der Waals surface area contributed by atoms with Gasteiger partial charge in [0.15, 0.2) is 0 Å². The van der Waals surface area contributed by atoms with Crippen molar-refractivity contribution in [3.05, 3.63) is 88.2 Å². The Morgan fingerprint density at radius 3 is 2.54 bits per heavy atom. The number of rotatable bonds is 15. The molecule has 5 rings (SSSR count). The number of nitrogens with zero attached hydrogens (tertiary/aromatic N) is 3. The van der Waals surface area contributed by atoms with Crippen molar-refractivity contribution in [2.75, 3.05) is 46.4 Å². The molecule has 46 heavy (non-hydrogen) atoms. The molecule has 1 aliphatic heterocycles. The summed E-state index contributed by atoms with van der Waals surface area (Å²) in [6, 6.07) is 18.5. The molecule has 0 bridgehead atoms. The molecule has 11 heteroatoms. The Kier molecular flexibility index (Phi) is 11.1. The van der Waals surface area contributed by atoms with E-state index >= 15 is 0 Å². The van der Waals surface area contributed by atoms with Gasteiger partial charge < -0.3 is 29.2 Å². The molecule has 3 amide bonds. The van der Waals surface area contributed by atoms with E-state index in [-0.39, 0.29) is 50.4 Å². The second-order valence-corrected chi connectivity index (χ2v) is 12.3. The number of aromatic nitrogens is 1. The number of hydrogen-bond acceptors (Lipinski definition) is 7. The van der Waals surface area contributed by atoms with Crippen molar-refractivity contribution in [3.63, 3.8) is 0 Å². The van der Waals surface area contributed by atoms with Crippen LogP contribution >= 0.6 is 11.3 Å². The van der Waals surface area contributed by atoms with Crippen molar-refractivity contribution < 1.29 is 28.7 Å². The average Bonchev–Trinajstić information content (AvgIpc) is 3.74. The van der Waals surface area contributed by atoms with E-state index in [9.17, 15) is 19.2 Å². The Labute approximate surface area is 272 Å². The van der Waals surface area contributed by atoms with Gasteiger partial charge >= 0.3 is 5.97 Å². The fraction of sp³-hybridized carbons (Fsp3) is 0.371. The number of carbonyl (C=O) groups is 4. The zero-order chi connectivity index (χ0) is 32.5. The first-order chi connectivity index (χ1) is 22.4. The number of fused-ring (bicyclic) bond motifs is 1. The van der Waals surface area contributed by atoms with Crippen LogP contribution in [0.4, 0.5) is 0 Å². The zero-order valence-corrected chi connectivity index (χ0v) is 27.1. The summed E-state index contributed by atoms with van der Waals surface area (Å²) in [5.41, 5.74) is 3.01. The summed E-state index contributed by atoms with van der Waals surface area (Å²) < 4.78 is 10.4. The van der Waals surface area contributed by atoms with Crippen LogP contribution in [-0.2, 0) is 43.2 Å².